The normalized spacial score (nSPS) is 18.0. The van der Waals surface area contributed by atoms with Gasteiger partial charge in [0.25, 0.3) is 5.91 Å². The zero-order valence-corrected chi connectivity index (χ0v) is 19.5. The second-order valence-corrected chi connectivity index (χ2v) is 9.30. The Balaban J connectivity index is 1.21. The largest absolute Gasteiger partial charge is 0.484 e. The van der Waals surface area contributed by atoms with Crippen LogP contribution in [-0.2, 0) is 4.79 Å². The van der Waals surface area contributed by atoms with E-state index in [1.165, 1.54) is 22.0 Å². The molecule has 3 aromatic carbocycles. The Bertz CT molecular complexity index is 1080. The van der Waals surface area contributed by atoms with E-state index in [0.717, 1.165) is 57.9 Å². The summed E-state index contributed by atoms with van der Waals surface area (Å²) in [4.78, 5) is 19.6. The Hall–Kier alpha value is -3.05. The van der Waals surface area contributed by atoms with Crippen LogP contribution in [0.5, 0.6) is 5.75 Å². The second kappa shape index (κ2) is 9.84. The molecule has 0 radical (unpaired) electrons. The van der Waals surface area contributed by atoms with Gasteiger partial charge in [0.15, 0.2) is 6.61 Å². The minimum atomic E-state index is 0.0777. The van der Waals surface area contributed by atoms with Crippen LogP contribution in [0.25, 0.3) is 10.8 Å². The quantitative estimate of drug-likeness (QED) is 0.587. The number of hydrogen-bond acceptors (Lipinski definition) is 4. The Labute approximate surface area is 196 Å². The lowest BCUT2D eigenvalue weighted by atomic mass is 9.89. The number of carbonyl (C=O) groups is 1. The van der Waals surface area contributed by atoms with Crippen LogP contribution in [0, 0.1) is 0 Å². The Morgan fingerprint density at radius 1 is 0.879 bits per heavy atom. The molecule has 5 rings (SSSR count). The molecule has 0 aromatic heterocycles. The Morgan fingerprint density at radius 3 is 2.39 bits per heavy atom. The van der Waals surface area contributed by atoms with Crippen molar-refractivity contribution >= 4 is 22.4 Å². The van der Waals surface area contributed by atoms with Gasteiger partial charge in [-0.05, 0) is 55.0 Å². The van der Waals surface area contributed by atoms with Crippen LogP contribution in [0.1, 0.15) is 24.3 Å². The molecule has 1 amide bonds. The van der Waals surface area contributed by atoms with Gasteiger partial charge in [-0.3, -0.25) is 4.79 Å². The Morgan fingerprint density at radius 2 is 1.64 bits per heavy atom. The fraction of sp³-hybridized carbons (Fsp3) is 0.393. The van der Waals surface area contributed by atoms with Crippen molar-refractivity contribution in [2.24, 2.45) is 0 Å². The topological polar surface area (TPSA) is 36.0 Å². The van der Waals surface area contributed by atoms with Gasteiger partial charge in [-0.25, -0.2) is 0 Å². The van der Waals surface area contributed by atoms with Gasteiger partial charge in [0.1, 0.15) is 5.75 Å². The van der Waals surface area contributed by atoms with Crippen molar-refractivity contribution in [3.05, 3.63) is 72.3 Å². The summed E-state index contributed by atoms with van der Waals surface area (Å²) in [5.74, 6) is 1.38. The first-order chi connectivity index (χ1) is 16.2. The van der Waals surface area contributed by atoms with Gasteiger partial charge >= 0.3 is 0 Å². The molecule has 3 aromatic rings. The fourth-order valence-electron chi connectivity index (χ4n) is 5.07. The molecule has 0 bridgehead atoms. The van der Waals surface area contributed by atoms with Crippen molar-refractivity contribution in [2.75, 3.05) is 57.8 Å². The molecule has 0 unspecified atom stereocenters. The lowest BCUT2D eigenvalue weighted by Crippen LogP contribution is -2.44. The summed E-state index contributed by atoms with van der Waals surface area (Å²) in [5, 5.41) is 2.39. The third-order valence-corrected chi connectivity index (χ3v) is 7.16. The number of piperidine rings is 1. The molecule has 0 saturated carbocycles. The average molecular weight is 444 g/mol. The van der Waals surface area contributed by atoms with Crippen LogP contribution in [0.2, 0.25) is 0 Å². The molecule has 0 N–H and O–H groups in total. The number of nitrogens with zero attached hydrogens (tertiary/aromatic N) is 3. The number of hydrogen-bond donors (Lipinski definition) is 0. The van der Waals surface area contributed by atoms with Crippen LogP contribution in [0.4, 0.5) is 5.69 Å². The molecule has 2 saturated heterocycles. The molecule has 2 aliphatic heterocycles. The summed E-state index contributed by atoms with van der Waals surface area (Å²) in [6, 6.07) is 23.3. The highest BCUT2D eigenvalue weighted by Gasteiger charge is 2.24. The van der Waals surface area contributed by atoms with E-state index in [1.54, 1.807) is 0 Å². The fourth-order valence-corrected chi connectivity index (χ4v) is 5.07. The van der Waals surface area contributed by atoms with E-state index in [9.17, 15) is 4.79 Å². The monoisotopic (exact) mass is 443 g/mol. The number of anilines is 1. The van der Waals surface area contributed by atoms with Crippen LogP contribution < -0.4 is 9.64 Å². The third kappa shape index (κ3) is 4.98. The summed E-state index contributed by atoms with van der Waals surface area (Å²) in [6.07, 6.45) is 2.03. The summed E-state index contributed by atoms with van der Waals surface area (Å²) in [5.41, 5.74) is 2.63. The summed E-state index contributed by atoms with van der Waals surface area (Å²) < 4.78 is 5.98. The molecule has 33 heavy (non-hydrogen) atoms. The van der Waals surface area contributed by atoms with Gasteiger partial charge in [-0.2, -0.15) is 0 Å². The minimum Gasteiger partial charge on any atom is -0.484 e. The highest BCUT2D eigenvalue weighted by atomic mass is 16.5. The Kier molecular flexibility index (Phi) is 6.49. The SMILES string of the molecule is CN1CCN(c2cccc3ccc(OCC(=O)N4CCC(c5ccccc5)CC4)cc23)CC1. The maximum absolute atomic E-state index is 12.8. The molecule has 2 fully saturated rings. The highest BCUT2D eigenvalue weighted by Crippen LogP contribution is 2.31. The molecule has 5 nitrogen and oxygen atoms in total. The number of benzene rings is 3. The first kappa shape index (κ1) is 21.8. The van der Waals surface area contributed by atoms with Crippen molar-refractivity contribution in [3.8, 4) is 5.75 Å². The smallest absolute Gasteiger partial charge is 0.260 e. The number of amides is 1. The standard InChI is InChI=1S/C28H33N3O2/c1-29-16-18-30(19-17-29)27-9-5-8-24-10-11-25(20-26(24)27)33-21-28(32)31-14-12-23(13-15-31)22-6-3-2-4-7-22/h2-11,20,23H,12-19,21H2,1H3. The van der Waals surface area contributed by atoms with Crippen molar-refractivity contribution in [1.29, 1.82) is 0 Å². The molecule has 172 valence electrons. The van der Waals surface area contributed by atoms with E-state index < -0.39 is 0 Å². The number of carbonyl (C=O) groups excluding carboxylic acids is 1. The molecule has 0 aliphatic carbocycles. The van der Waals surface area contributed by atoms with Crippen molar-refractivity contribution < 1.29 is 9.53 Å². The predicted molar refractivity (Wildman–Crippen MR) is 134 cm³/mol. The second-order valence-electron chi connectivity index (χ2n) is 9.30. The van der Waals surface area contributed by atoms with Crippen molar-refractivity contribution in [2.45, 2.75) is 18.8 Å². The number of fused-ring (bicyclic) bond motifs is 1. The van der Waals surface area contributed by atoms with E-state index in [0.29, 0.717) is 5.92 Å². The minimum absolute atomic E-state index is 0.0777. The van der Waals surface area contributed by atoms with Crippen LogP contribution in [-0.4, -0.2) is 68.6 Å². The lowest BCUT2D eigenvalue weighted by Gasteiger charge is -2.34. The van der Waals surface area contributed by atoms with E-state index in [2.05, 4.69) is 77.5 Å². The number of rotatable bonds is 5. The van der Waals surface area contributed by atoms with Gasteiger partial charge in [0.2, 0.25) is 0 Å². The first-order valence-corrected chi connectivity index (χ1v) is 12.1. The number of likely N-dealkylation sites (tertiary alicyclic amines) is 1. The summed E-state index contributed by atoms with van der Waals surface area (Å²) in [6.45, 7) is 5.89. The van der Waals surface area contributed by atoms with E-state index in [-0.39, 0.29) is 12.5 Å². The predicted octanol–water partition coefficient (Wildman–Crippen LogP) is 4.38. The molecule has 5 heteroatoms. The van der Waals surface area contributed by atoms with Gasteiger partial charge in [-0.15, -0.1) is 0 Å². The molecule has 2 heterocycles. The van der Waals surface area contributed by atoms with Gasteiger partial charge in [0.05, 0.1) is 0 Å². The average Bonchev–Trinajstić information content (AvgIpc) is 2.88. The van der Waals surface area contributed by atoms with E-state index in [1.807, 2.05) is 11.0 Å². The maximum Gasteiger partial charge on any atom is 0.260 e. The number of ether oxygens (including phenoxy) is 1. The van der Waals surface area contributed by atoms with Crippen LogP contribution >= 0.6 is 0 Å². The zero-order chi connectivity index (χ0) is 22.6. The van der Waals surface area contributed by atoms with Crippen LogP contribution in [0.3, 0.4) is 0 Å². The zero-order valence-electron chi connectivity index (χ0n) is 19.5. The van der Waals surface area contributed by atoms with Crippen LogP contribution in [0.15, 0.2) is 66.7 Å². The van der Waals surface area contributed by atoms with Gasteiger partial charge in [0, 0.05) is 50.3 Å². The number of piperazine rings is 1. The molecular formula is C28H33N3O2. The van der Waals surface area contributed by atoms with Gasteiger partial charge < -0.3 is 19.4 Å². The molecule has 2 aliphatic rings. The first-order valence-electron chi connectivity index (χ1n) is 12.1. The maximum atomic E-state index is 12.8. The third-order valence-electron chi connectivity index (χ3n) is 7.16. The van der Waals surface area contributed by atoms with Crippen molar-refractivity contribution in [1.82, 2.24) is 9.80 Å². The van der Waals surface area contributed by atoms with E-state index in [4.69, 9.17) is 4.74 Å². The lowest BCUT2D eigenvalue weighted by molar-refractivity contribution is -0.134. The van der Waals surface area contributed by atoms with E-state index >= 15 is 0 Å². The molecule has 0 atom stereocenters. The molecular weight excluding hydrogens is 410 g/mol. The summed E-state index contributed by atoms with van der Waals surface area (Å²) in [7, 11) is 2.17. The van der Waals surface area contributed by atoms with Gasteiger partial charge in [-0.1, -0.05) is 48.5 Å². The highest BCUT2D eigenvalue weighted by molar-refractivity contribution is 5.95. The van der Waals surface area contributed by atoms with Crippen molar-refractivity contribution in [3.63, 3.8) is 0 Å². The summed E-state index contributed by atoms with van der Waals surface area (Å²) >= 11 is 0. The molecule has 0 spiro atoms. The number of likely N-dealkylation sites (N-methyl/N-ethyl adjacent to an activating group) is 1.